The zero-order valence-corrected chi connectivity index (χ0v) is 20.2. The maximum Gasteiger partial charge on any atom is 0.287 e. The van der Waals surface area contributed by atoms with E-state index in [-0.39, 0.29) is 11.7 Å². The Balaban J connectivity index is 1.23. The Morgan fingerprint density at radius 1 is 0.946 bits per heavy atom. The molecule has 2 heterocycles. The number of hydrogen-bond donors (Lipinski definition) is 2. The molecule has 4 aromatic rings. The maximum atomic E-state index is 13.3. The molecule has 2 aromatic carbocycles. The minimum atomic E-state index is -1.03. The molecule has 0 atom stereocenters. The van der Waals surface area contributed by atoms with Crippen LogP contribution in [0.5, 0.6) is 0 Å². The van der Waals surface area contributed by atoms with Crippen LogP contribution in [0.1, 0.15) is 55.5 Å². The van der Waals surface area contributed by atoms with Crippen LogP contribution in [-0.4, -0.2) is 37.7 Å². The van der Waals surface area contributed by atoms with Gasteiger partial charge in [-0.2, -0.15) is 10.4 Å². The Bertz CT molecular complexity index is 1500. The summed E-state index contributed by atoms with van der Waals surface area (Å²) in [5.74, 6) is -0.533. The lowest BCUT2D eigenvalue weighted by Crippen LogP contribution is -2.61. The van der Waals surface area contributed by atoms with Crippen LogP contribution in [0.15, 0.2) is 65.6 Å². The molecule has 0 bridgehead atoms. The number of carbonyl (C=O) groups excluding carboxylic acids is 2. The number of benzene rings is 2. The molecule has 2 N–H and O–H groups in total. The van der Waals surface area contributed by atoms with E-state index in [1.54, 1.807) is 17.1 Å². The number of carbonyl (C=O) groups is 2. The van der Waals surface area contributed by atoms with Crippen molar-refractivity contribution in [2.24, 2.45) is 0 Å². The van der Waals surface area contributed by atoms with Gasteiger partial charge in [0.05, 0.1) is 11.8 Å². The highest BCUT2D eigenvalue weighted by Gasteiger charge is 2.50. The standard InChI is InChI=1S/C28H26N6O3/c29-16-27(12-13-27)33-26(36)28(10-2-1-3-11-28)32-25(35)24-15-21-5-4-20(14-23(21)37-24)19-6-8-22(9-7-19)34-18-30-17-31-34/h4-9,14-15,17-18H,1-3,10-13H2,(H,32,35)(H,33,36). The zero-order valence-electron chi connectivity index (χ0n) is 20.2. The molecular formula is C28H26N6O3. The van der Waals surface area contributed by atoms with E-state index in [0.29, 0.717) is 31.3 Å². The van der Waals surface area contributed by atoms with Crippen LogP contribution >= 0.6 is 0 Å². The zero-order chi connectivity index (χ0) is 25.5. The second-order valence-corrected chi connectivity index (χ2v) is 10.00. The quantitative estimate of drug-likeness (QED) is 0.412. The third-order valence-corrected chi connectivity index (χ3v) is 7.44. The van der Waals surface area contributed by atoms with Gasteiger partial charge in [-0.25, -0.2) is 9.67 Å². The Hall–Kier alpha value is -4.45. The number of rotatable bonds is 6. The fourth-order valence-electron chi connectivity index (χ4n) is 5.04. The summed E-state index contributed by atoms with van der Waals surface area (Å²) in [6.45, 7) is 0. The molecule has 2 amide bonds. The fourth-order valence-corrected chi connectivity index (χ4v) is 5.04. The van der Waals surface area contributed by atoms with E-state index in [1.807, 2.05) is 42.5 Å². The van der Waals surface area contributed by atoms with E-state index in [0.717, 1.165) is 41.5 Å². The highest BCUT2D eigenvalue weighted by molar-refractivity contribution is 6.00. The first-order valence-electron chi connectivity index (χ1n) is 12.5. The monoisotopic (exact) mass is 494 g/mol. The van der Waals surface area contributed by atoms with Crippen molar-refractivity contribution in [2.75, 3.05) is 0 Å². The SMILES string of the molecule is N#CC1(NC(=O)C2(NC(=O)c3cc4ccc(-c5ccc(-n6cncn6)cc5)cc4o3)CCCCC2)CC1. The van der Waals surface area contributed by atoms with Crippen molar-refractivity contribution in [3.8, 4) is 22.9 Å². The minimum Gasteiger partial charge on any atom is -0.451 e. The van der Waals surface area contributed by atoms with Gasteiger partial charge >= 0.3 is 0 Å². The summed E-state index contributed by atoms with van der Waals surface area (Å²) in [6.07, 6.45) is 8.21. The van der Waals surface area contributed by atoms with Gasteiger partial charge in [-0.05, 0) is 61.1 Å². The molecule has 0 aliphatic heterocycles. The molecule has 6 rings (SSSR count). The number of hydrogen-bond acceptors (Lipinski definition) is 6. The Morgan fingerprint density at radius 2 is 1.70 bits per heavy atom. The lowest BCUT2D eigenvalue weighted by Gasteiger charge is -2.37. The molecule has 186 valence electrons. The van der Waals surface area contributed by atoms with Crippen LogP contribution in [-0.2, 0) is 4.79 Å². The van der Waals surface area contributed by atoms with Crippen LogP contribution in [0.3, 0.4) is 0 Å². The number of furan rings is 1. The average molecular weight is 495 g/mol. The van der Waals surface area contributed by atoms with Gasteiger partial charge < -0.3 is 15.1 Å². The molecule has 0 radical (unpaired) electrons. The summed E-state index contributed by atoms with van der Waals surface area (Å²) in [7, 11) is 0. The van der Waals surface area contributed by atoms with E-state index in [9.17, 15) is 14.9 Å². The summed E-state index contributed by atoms with van der Waals surface area (Å²) in [6, 6.07) is 17.6. The molecule has 0 unspecified atom stereocenters. The highest BCUT2D eigenvalue weighted by Crippen LogP contribution is 2.37. The first-order chi connectivity index (χ1) is 18.0. The van der Waals surface area contributed by atoms with Crippen molar-refractivity contribution in [3.63, 3.8) is 0 Å². The van der Waals surface area contributed by atoms with Crippen molar-refractivity contribution in [3.05, 3.63) is 66.9 Å². The normalized spacial score (nSPS) is 17.6. The van der Waals surface area contributed by atoms with Gasteiger partial charge in [0.1, 0.15) is 29.3 Å². The predicted octanol–water partition coefficient (Wildman–Crippen LogP) is 4.29. The third-order valence-electron chi connectivity index (χ3n) is 7.44. The Labute approximate surface area is 213 Å². The summed E-state index contributed by atoms with van der Waals surface area (Å²) in [5, 5.41) is 20.2. The maximum absolute atomic E-state index is 13.3. The molecule has 2 aliphatic rings. The molecule has 2 aliphatic carbocycles. The average Bonchev–Trinajstić information content (AvgIpc) is 3.30. The lowest BCUT2D eigenvalue weighted by atomic mass is 9.80. The smallest absolute Gasteiger partial charge is 0.287 e. The second-order valence-electron chi connectivity index (χ2n) is 10.00. The number of nitrogens with one attached hydrogen (secondary N) is 2. The van der Waals surface area contributed by atoms with Gasteiger partial charge in [0.25, 0.3) is 5.91 Å². The molecule has 9 heteroatoms. The molecule has 2 saturated carbocycles. The third kappa shape index (κ3) is 4.35. The van der Waals surface area contributed by atoms with Gasteiger partial charge in [-0.3, -0.25) is 9.59 Å². The van der Waals surface area contributed by atoms with E-state index in [2.05, 4.69) is 26.8 Å². The molecular weight excluding hydrogens is 468 g/mol. The van der Waals surface area contributed by atoms with Crippen molar-refractivity contribution in [1.29, 1.82) is 5.26 Å². The van der Waals surface area contributed by atoms with Crippen molar-refractivity contribution < 1.29 is 14.0 Å². The number of amides is 2. The van der Waals surface area contributed by atoms with Crippen LogP contribution in [0.2, 0.25) is 0 Å². The van der Waals surface area contributed by atoms with Gasteiger partial charge in [0.15, 0.2) is 5.76 Å². The first kappa shape index (κ1) is 23.0. The Morgan fingerprint density at radius 3 is 2.38 bits per heavy atom. The summed E-state index contributed by atoms with van der Waals surface area (Å²) >= 11 is 0. The van der Waals surface area contributed by atoms with E-state index >= 15 is 0 Å². The van der Waals surface area contributed by atoms with E-state index < -0.39 is 17.0 Å². The van der Waals surface area contributed by atoms with E-state index in [1.165, 1.54) is 6.33 Å². The largest absolute Gasteiger partial charge is 0.451 e. The predicted molar refractivity (Wildman–Crippen MR) is 136 cm³/mol. The summed E-state index contributed by atoms with van der Waals surface area (Å²) < 4.78 is 7.65. The molecule has 0 spiro atoms. The second kappa shape index (κ2) is 8.89. The number of nitriles is 1. The minimum absolute atomic E-state index is 0.160. The summed E-state index contributed by atoms with van der Waals surface area (Å²) in [5.41, 5.74) is 1.63. The van der Waals surface area contributed by atoms with Crippen LogP contribution in [0.25, 0.3) is 27.8 Å². The van der Waals surface area contributed by atoms with Gasteiger partial charge in [0.2, 0.25) is 5.91 Å². The number of aromatic nitrogens is 3. The van der Waals surface area contributed by atoms with Crippen molar-refractivity contribution in [2.45, 2.75) is 56.0 Å². The Kier molecular flexibility index (Phi) is 5.52. The summed E-state index contributed by atoms with van der Waals surface area (Å²) in [4.78, 5) is 30.5. The fraction of sp³-hybridized carbons (Fsp3) is 0.321. The van der Waals surface area contributed by atoms with Crippen molar-refractivity contribution >= 4 is 22.8 Å². The molecule has 37 heavy (non-hydrogen) atoms. The van der Waals surface area contributed by atoms with E-state index in [4.69, 9.17) is 4.42 Å². The van der Waals surface area contributed by atoms with Crippen LogP contribution in [0.4, 0.5) is 0 Å². The topological polar surface area (TPSA) is 126 Å². The molecule has 2 fully saturated rings. The molecule has 0 saturated heterocycles. The van der Waals surface area contributed by atoms with Crippen molar-refractivity contribution in [1.82, 2.24) is 25.4 Å². The first-order valence-corrected chi connectivity index (χ1v) is 12.5. The highest BCUT2D eigenvalue weighted by atomic mass is 16.3. The van der Waals surface area contributed by atoms with Gasteiger partial charge in [0, 0.05) is 5.39 Å². The van der Waals surface area contributed by atoms with Gasteiger partial charge in [-0.15, -0.1) is 0 Å². The van der Waals surface area contributed by atoms with Gasteiger partial charge in [-0.1, -0.05) is 43.5 Å². The molecule has 9 nitrogen and oxygen atoms in total. The van der Waals surface area contributed by atoms with Crippen LogP contribution < -0.4 is 10.6 Å². The number of nitrogens with zero attached hydrogens (tertiary/aromatic N) is 4. The lowest BCUT2D eigenvalue weighted by molar-refractivity contribution is -0.129. The van der Waals surface area contributed by atoms with Crippen LogP contribution in [0, 0.1) is 11.3 Å². The molecule has 2 aromatic heterocycles. The number of fused-ring (bicyclic) bond motifs is 1.